The minimum atomic E-state index is -2.88. The van der Waals surface area contributed by atoms with Crippen LogP contribution in [0, 0.1) is 0 Å². The van der Waals surface area contributed by atoms with Crippen LogP contribution < -0.4 is 30.5 Å². The van der Waals surface area contributed by atoms with E-state index in [1.807, 2.05) is 0 Å². The van der Waals surface area contributed by atoms with Crippen molar-refractivity contribution in [3.63, 3.8) is 0 Å². The highest BCUT2D eigenvalue weighted by Gasteiger charge is 2.49. The van der Waals surface area contributed by atoms with Crippen LogP contribution in [0.25, 0.3) is 49.4 Å². The Morgan fingerprint density at radius 3 is 1.49 bits per heavy atom. The molecule has 0 aliphatic carbocycles. The van der Waals surface area contributed by atoms with Crippen molar-refractivity contribution in [3.05, 3.63) is 273 Å². The lowest BCUT2D eigenvalue weighted by Crippen LogP contribution is -2.77. The summed E-state index contributed by atoms with van der Waals surface area (Å²) in [6, 6.07) is 101. The van der Waals surface area contributed by atoms with Crippen molar-refractivity contribution in [1.82, 2.24) is 4.57 Å². The first-order valence-corrected chi connectivity index (χ1v) is 25.4. The van der Waals surface area contributed by atoms with Gasteiger partial charge in [0.25, 0.3) is 0 Å². The number of hydrogen-bond donors (Lipinski definition) is 0. The van der Waals surface area contributed by atoms with Gasteiger partial charge in [-0.1, -0.05) is 194 Å². The molecule has 0 fully saturated rings. The Bertz CT molecular complexity index is 3690. The lowest BCUT2D eigenvalue weighted by molar-refractivity contribution is 1.17. The fourth-order valence-corrected chi connectivity index (χ4v) is 16.2. The van der Waals surface area contributed by atoms with E-state index in [2.05, 4.69) is 287 Å². The number of fused-ring (bicyclic) bond motifs is 6. The molecule has 13 rings (SSSR count). The number of aromatic nitrogens is 1. The number of benzene rings is 11. The van der Waals surface area contributed by atoms with E-state index in [1.165, 1.54) is 75.8 Å². The maximum absolute atomic E-state index is 2.88. The monoisotopic (exact) mass is 883 g/mol. The predicted molar refractivity (Wildman–Crippen MR) is 290 cm³/mol. The van der Waals surface area contributed by atoms with Gasteiger partial charge in [0, 0.05) is 50.6 Å². The fraction of sp³-hybridized carbons (Fsp3) is 0. The van der Waals surface area contributed by atoms with Crippen LogP contribution in [-0.4, -0.2) is 12.6 Å². The summed E-state index contributed by atoms with van der Waals surface area (Å²) in [5, 5.41) is 10.5. The zero-order chi connectivity index (χ0) is 45.0. The molecule has 68 heavy (non-hydrogen) atoms. The zero-order valence-electron chi connectivity index (χ0n) is 37.3. The van der Waals surface area contributed by atoms with E-state index in [-0.39, 0.29) is 0 Å². The SMILES string of the molecule is c1ccc(N2c3ccccc3[Si](c3ccccc3)(c3ccccc3)c3ccc(N(c4ccc(-c5cccc6ccccc56)cc4)c4ccc(-n5c6ccccc6c6ccccc65)cc4)cc32)cc1. The van der Waals surface area contributed by atoms with Gasteiger partial charge < -0.3 is 14.4 Å². The molecule has 11 aromatic carbocycles. The van der Waals surface area contributed by atoms with E-state index in [0.29, 0.717) is 0 Å². The van der Waals surface area contributed by atoms with Crippen molar-refractivity contribution in [1.29, 1.82) is 0 Å². The van der Waals surface area contributed by atoms with Gasteiger partial charge in [-0.3, -0.25) is 0 Å². The standard InChI is InChI=1S/C64H45N3Si/c1-4-21-48(22-5-1)67-61-33-16-17-34-63(61)68(53-23-6-2-7-24-53,54-25-8-3-9-26-54)64-44-43-52(45-62(64)67)65(49-37-35-47(36-38-49)56-30-18-20-46-19-10-11-27-55(46)56)50-39-41-51(42-40-50)66-59-31-14-12-28-57(59)58-29-13-15-32-60(58)66/h1-45H. The molecular formula is C64H45N3Si. The largest absolute Gasteiger partial charge is 0.311 e. The van der Waals surface area contributed by atoms with Crippen LogP contribution in [0.5, 0.6) is 0 Å². The molecule has 0 bridgehead atoms. The molecule has 0 saturated heterocycles. The summed E-state index contributed by atoms with van der Waals surface area (Å²) in [6.45, 7) is 0. The highest BCUT2D eigenvalue weighted by Crippen LogP contribution is 2.44. The lowest BCUT2D eigenvalue weighted by atomic mass is 9.98. The normalized spacial score (nSPS) is 12.8. The number of nitrogens with zero attached hydrogens (tertiary/aromatic N) is 3. The Balaban J connectivity index is 1.04. The molecule has 2 heterocycles. The minimum Gasteiger partial charge on any atom is -0.311 e. The van der Waals surface area contributed by atoms with E-state index in [0.717, 1.165) is 28.4 Å². The Morgan fingerprint density at radius 1 is 0.324 bits per heavy atom. The van der Waals surface area contributed by atoms with E-state index >= 15 is 0 Å². The molecule has 0 amide bonds. The molecular weight excluding hydrogens is 839 g/mol. The van der Waals surface area contributed by atoms with Crippen molar-refractivity contribution >= 4 is 95.5 Å². The summed E-state index contributed by atoms with van der Waals surface area (Å²) in [5.41, 5.74) is 12.7. The van der Waals surface area contributed by atoms with Crippen molar-refractivity contribution in [2.24, 2.45) is 0 Å². The van der Waals surface area contributed by atoms with Gasteiger partial charge in [-0.05, 0) is 122 Å². The summed E-state index contributed by atoms with van der Waals surface area (Å²) in [5.74, 6) is 0. The third-order valence-corrected chi connectivity index (χ3v) is 18.9. The molecule has 0 saturated carbocycles. The molecule has 0 radical (unpaired) electrons. The van der Waals surface area contributed by atoms with Crippen LogP contribution in [0.4, 0.5) is 34.1 Å². The maximum Gasteiger partial charge on any atom is 0.184 e. The molecule has 320 valence electrons. The third-order valence-electron chi connectivity index (χ3n) is 14.0. The number of hydrogen-bond acceptors (Lipinski definition) is 2. The Labute approximate surface area is 397 Å². The summed E-state index contributed by atoms with van der Waals surface area (Å²) < 4.78 is 2.39. The van der Waals surface area contributed by atoms with Crippen LogP contribution in [0.15, 0.2) is 273 Å². The molecule has 3 nitrogen and oxygen atoms in total. The van der Waals surface area contributed by atoms with Gasteiger partial charge in [0.2, 0.25) is 0 Å². The summed E-state index contributed by atoms with van der Waals surface area (Å²) in [4.78, 5) is 4.93. The maximum atomic E-state index is 2.50. The first-order chi connectivity index (χ1) is 33.8. The molecule has 4 heteroatoms. The van der Waals surface area contributed by atoms with Gasteiger partial charge >= 0.3 is 0 Å². The van der Waals surface area contributed by atoms with Crippen LogP contribution >= 0.6 is 0 Å². The summed E-state index contributed by atoms with van der Waals surface area (Å²) in [7, 11) is -2.88. The Morgan fingerprint density at radius 2 is 0.824 bits per heavy atom. The Hall–Kier alpha value is -8.70. The molecule has 1 aromatic heterocycles. The molecule has 0 atom stereocenters. The first kappa shape index (κ1) is 39.6. The average molecular weight is 884 g/mol. The lowest BCUT2D eigenvalue weighted by Gasteiger charge is -2.45. The third kappa shape index (κ3) is 6.26. The zero-order valence-corrected chi connectivity index (χ0v) is 38.3. The van der Waals surface area contributed by atoms with Gasteiger partial charge in [0.05, 0.1) is 11.0 Å². The molecule has 1 aliphatic rings. The second-order valence-electron chi connectivity index (χ2n) is 17.7. The second-order valence-corrected chi connectivity index (χ2v) is 21.4. The van der Waals surface area contributed by atoms with E-state index in [9.17, 15) is 0 Å². The quantitative estimate of drug-likeness (QED) is 0.141. The van der Waals surface area contributed by atoms with Crippen LogP contribution in [0.1, 0.15) is 0 Å². The molecule has 12 aromatic rings. The van der Waals surface area contributed by atoms with Gasteiger partial charge in [0.1, 0.15) is 0 Å². The van der Waals surface area contributed by atoms with Crippen molar-refractivity contribution in [2.75, 3.05) is 9.80 Å². The molecule has 0 N–H and O–H groups in total. The number of anilines is 6. The highest BCUT2D eigenvalue weighted by molar-refractivity contribution is 7.21. The van der Waals surface area contributed by atoms with Crippen LogP contribution in [-0.2, 0) is 0 Å². The van der Waals surface area contributed by atoms with Gasteiger partial charge in [0.15, 0.2) is 8.07 Å². The summed E-state index contributed by atoms with van der Waals surface area (Å²) in [6.07, 6.45) is 0. The van der Waals surface area contributed by atoms with E-state index in [4.69, 9.17) is 0 Å². The van der Waals surface area contributed by atoms with Gasteiger partial charge in [-0.15, -0.1) is 0 Å². The fourth-order valence-electron chi connectivity index (χ4n) is 11.1. The second kappa shape index (κ2) is 16.3. The summed E-state index contributed by atoms with van der Waals surface area (Å²) >= 11 is 0. The van der Waals surface area contributed by atoms with Crippen molar-refractivity contribution in [3.8, 4) is 16.8 Å². The van der Waals surface area contributed by atoms with Crippen molar-refractivity contribution < 1.29 is 0 Å². The van der Waals surface area contributed by atoms with E-state index < -0.39 is 8.07 Å². The Kier molecular flexibility index (Phi) is 9.51. The first-order valence-electron chi connectivity index (χ1n) is 23.4. The van der Waals surface area contributed by atoms with Crippen LogP contribution in [0.2, 0.25) is 0 Å². The predicted octanol–water partition coefficient (Wildman–Crippen LogP) is 14.2. The smallest absolute Gasteiger partial charge is 0.184 e. The van der Waals surface area contributed by atoms with E-state index in [1.54, 1.807) is 0 Å². The number of para-hydroxylation sites is 4. The van der Waals surface area contributed by atoms with Gasteiger partial charge in [-0.25, -0.2) is 0 Å². The molecule has 0 spiro atoms. The topological polar surface area (TPSA) is 11.4 Å². The average Bonchev–Trinajstić information content (AvgIpc) is 3.75. The van der Waals surface area contributed by atoms with Gasteiger partial charge in [-0.2, -0.15) is 0 Å². The molecule has 1 aliphatic heterocycles. The van der Waals surface area contributed by atoms with Crippen molar-refractivity contribution in [2.45, 2.75) is 0 Å². The number of rotatable bonds is 8. The highest BCUT2D eigenvalue weighted by atomic mass is 28.3. The molecule has 0 unspecified atom stereocenters. The van der Waals surface area contributed by atoms with Crippen LogP contribution in [0.3, 0.4) is 0 Å². The minimum absolute atomic E-state index is 1.07.